The minimum Gasteiger partial charge on any atom is -0.355 e. The smallest absolute Gasteiger partial charge is 0.234 e. The quantitative estimate of drug-likeness (QED) is 0.574. The number of nitrogens with one attached hydrogen (secondary N) is 2. The summed E-state index contributed by atoms with van der Waals surface area (Å²) in [6.07, 6.45) is 0. The van der Waals surface area contributed by atoms with Crippen molar-refractivity contribution in [3.05, 3.63) is 51.7 Å². The van der Waals surface area contributed by atoms with Crippen molar-refractivity contribution in [3.63, 3.8) is 0 Å². The molecule has 0 saturated heterocycles. The number of hydrogen-bond donors (Lipinski definition) is 2. The van der Waals surface area contributed by atoms with Gasteiger partial charge in [-0.25, -0.2) is 0 Å². The summed E-state index contributed by atoms with van der Waals surface area (Å²) >= 11 is 10.6. The Hall–Kier alpha value is -1.15. The average molecular weight is 415 g/mol. The molecule has 0 fully saturated rings. The second kappa shape index (κ2) is 11.5. The topological polar surface area (TPSA) is 58.2 Å². The van der Waals surface area contributed by atoms with Crippen LogP contribution in [0, 0.1) is 0 Å². The van der Waals surface area contributed by atoms with Crippen molar-refractivity contribution in [1.29, 1.82) is 0 Å². The molecule has 2 N–H and O–H groups in total. The van der Waals surface area contributed by atoms with Crippen molar-refractivity contribution in [2.24, 2.45) is 0 Å². The van der Waals surface area contributed by atoms with Crippen molar-refractivity contribution >= 4 is 64.0 Å². The molecule has 0 aliphatic rings. The fourth-order valence-electron chi connectivity index (χ4n) is 1.85. The van der Waals surface area contributed by atoms with Gasteiger partial charge in [0.05, 0.1) is 11.5 Å². The Bertz CT molecular complexity index is 663. The second-order valence-electron chi connectivity index (χ2n) is 5.03. The van der Waals surface area contributed by atoms with Crippen LogP contribution in [0.3, 0.4) is 0 Å². The maximum absolute atomic E-state index is 11.8. The average Bonchev–Trinajstić information content (AvgIpc) is 3.10. The van der Waals surface area contributed by atoms with Crippen molar-refractivity contribution in [3.8, 4) is 0 Å². The summed E-state index contributed by atoms with van der Waals surface area (Å²) in [6.45, 7) is 0.645. The normalized spacial score (nSPS) is 10.4. The zero-order valence-corrected chi connectivity index (χ0v) is 16.7. The molecule has 2 aromatic rings. The molecular weight excluding hydrogens is 396 g/mol. The Morgan fingerprint density at radius 3 is 2.52 bits per heavy atom. The number of amides is 2. The van der Waals surface area contributed by atoms with Crippen molar-refractivity contribution in [2.75, 3.05) is 29.1 Å². The Morgan fingerprint density at radius 1 is 1.04 bits per heavy atom. The number of thiophene rings is 1. The third kappa shape index (κ3) is 8.67. The number of halogens is 1. The zero-order chi connectivity index (χ0) is 17.9. The molecular formula is C17H19ClN2O2S3. The maximum Gasteiger partial charge on any atom is 0.234 e. The van der Waals surface area contributed by atoms with Gasteiger partial charge in [-0.2, -0.15) is 11.8 Å². The summed E-state index contributed by atoms with van der Waals surface area (Å²) < 4.78 is 0. The Labute approximate surface area is 165 Å². The van der Waals surface area contributed by atoms with Crippen LogP contribution in [0.2, 0.25) is 5.02 Å². The van der Waals surface area contributed by atoms with Gasteiger partial charge in [0, 0.05) is 33.6 Å². The van der Waals surface area contributed by atoms with Gasteiger partial charge in [0.15, 0.2) is 0 Å². The first-order valence-corrected chi connectivity index (χ1v) is 11.2. The van der Waals surface area contributed by atoms with E-state index >= 15 is 0 Å². The lowest BCUT2D eigenvalue weighted by Crippen LogP contribution is -2.28. The largest absolute Gasteiger partial charge is 0.355 e. The van der Waals surface area contributed by atoms with E-state index in [1.54, 1.807) is 47.4 Å². The standard InChI is InChI=1S/C17H19ClN2O2S3/c18-13-3-5-14(6-4-13)20-17(22)12-24-11-16(21)19-7-9-23-10-15-2-1-8-25-15/h1-6,8H,7,9-12H2,(H,19,21)(H,20,22). The van der Waals surface area contributed by atoms with Gasteiger partial charge in [0.25, 0.3) is 0 Å². The molecule has 25 heavy (non-hydrogen) atoms. The number of carbonyl (C=O) groups is 2. The van der Waals surface area contributed by atoms with Crippen LogP contribution < -0.4 is 10.6 Å². The molecule has 2 rings (SSSR count). The third-order valence-electron chi connectivity index (χ3n) is 2.99. The summed E-state index contributed by atoms with van der Waals surface area (Å²) in [7, 11) is 0. The van der Waals surface area contributed by atoms with E-state index in [4.69, 9.17) is 11.6 Å². The summed E-state index contributed by atoms with van der Waals surface area (Å²) in [5.74, 6) is 2.21. The Morgan fingerprint density at radius 2 is 1.80 bits per heavy atom. The maximum atomic E-state index is 11.8. The molecule has 0 atom stereocenters. The molecule has 0 unspecified atom stereocenters. The summed E-state index contributed by atoms with van der Waals surface area (Å²) in [6, 6.07) is 11.1. The molecule has 0 bridgehead atoms. The first-order valence-electron chi connectivity index (χ1n) is 7.63. The first-order chi connectivity index (χ1) is 12.1. The molecule has 8 heteroatoms. The molecule has 0 radical (unpaired) electrons. The Kier molecular flexibility index (Phi) is 9.25. The molecule has 0 saturated carbocycles. The van der Waals surface area contributed by atoms with E-state index in [2.05, 4.69) is 22.1 Å². The molecule has 0 spiro atoms. The van der Waals surface area contributed by atoms with E-state index in [9.17, 15) is 9.59 Å². The molecule has 134 valence electrons. The number of benzene rings is 1. The fraction of sp³-hybridized carbons (Fsp3) is 0.294. The number of carbonyl (C=O) groups excluding carboxylic acids is 2. The minimum atomic E-state index is -0.133. The van der Waals surface area contributed by atoms with E-state index in [1.165, 1.54) is 16.6 Å². The number of anilines is 1. The predicted octanol–water partition coefficient (Wildman–Crippen LogP) is 4.12. The van der Waals surface area contributed by atoms with Gasteiger partial charge < -0.3 is 10.6 Å². The van der Waals surface area contributed by atoms with Gasteiger partial charge in [0.1, 0.15) is 0 Å². The summed E-state index contributed by atoms with van der Waals surface area (Å²) in [5.41, 5.74) is 0.696. The molecule has 1 aromatic carbocycles. The van der Waals surface area contributed by atoms with Gasteiger partial charge in [-0.1, -0.05) is 17.7 Å². The lowest BCUT2D eigenvalue weighted by Gasteiger charge is -2.06. The first kappa shape index (κ1) is 20.2. The monoisotopic (exact) mass is 414 g/mol. The number of hydrogen-bond acceptors (Lipinski definition) is 5. The third-order valence-corrected chi connectivity index (χ3v) is 6.24. The van der Waals surface area contributed by atoms with Crippen LogP contribution in [0.1, 0.15) is 4.88 Å². The van der Waals surface area contributed by atoms with Gasteiger partial charge >= 0.3 is 0 Å². The highest BCUT2D eigenvalue weighted by molar-refractivity contribution is 8.00. The molecule has 0 aliphatic carbocycles. The van der Waals surface area contributed by atoms with Crippen LogP contribution >= 0.6 is 46.5 Å². The number of thioether (sulfide) groups is 2. The molecule has 1 aromatic heterocycles. The SMILES string of the molecule is O=C(CSCC(=O)Nc1ccc(Cl)cc1)NCCSCc1cccs1. The Balaban J connectivity index is 1.49. The minimum absolute atomic E-state index is 0.0407. The van der Waals surface area contributed by atoms with Crippen molar-refractivity contribution in [2.45, 2.75) is 5.75 Å². The summed E-state index contributed by atoms with van der Waals surface area (Å²) in [4.78, 5) is 24.9. The zero-order valence-electron chi connectivity index (χ0n) is 13.5. The van der Waals surface area contributed by atoms with E-state index in [-0.39, 0.29) is 23.3 Å². The van der Waals surface area contributed by atoms with E-state index in [0.29, 0.717) is 17.3 Å². The van der Waals surface area contributed by atoms with Crippen LogP contribution in [-0.4, -0.2) is 35.6 Å². The molecule has 0 aliphatic heterocycles. The summed E-state index contributed by atoms with van der Waals surface area (Å²) in [5, 5.41) is 8.32. The van der Waals surface area contributed by atoms with E-state index < -0.39 is 0 Å². The van der Waals surface area contributed by atoms with Crippen LogP contribution in [0.15, 0.2) is 41.8 Å². The molecule has 4 nitrogen and oxygen atoms in total. The van der Waals surface area contributed by atoms with Crippen molar-refractivity contribution in [1.82, 2.24) is 5.32 Å². The van der Waals surface area contributed by atoms with E-state index in [0.717, 1.165) is 11.5 Å². The van der Waals surface area contributed by atoms with Gasteiger partial charge in [-0.05, 0) is 35.7 Å². The fourth-order valence-corrected chi connectivity index (χ4v) is 4.32. The van der Waals surface area contributed by atoms with Gasteiger partial charge in [0.2, 0.25) is 11.8 Å². The van der Waals surface area contributed by atoms with Gasteiger partial charge in [-0.15, -0.1) is 23.1 Å². The number of rotatable bonds is 10. The lowest BCUT2D eigenvalue weighted by atomic mass is 10.3. The van der Waals surface area contributed by atoms with E-state index in [1.807, 2.05) is 6.07 Å². The second-order valence-corrected chi connectivity index (χ2v) is 8.59. The van der Waals surface area contributed by atoms with Crippen LogP contribution in [0.5, 0.6) is 0 Å². The highest BCUT2D eigenvalue weighted by atomic mass is 35.5. The van der Waals surface area contributed by atoms with Gasteiger partial charge in [-0.3, -0.25) is 9.59 Å². The molecule has 1 heterocycles. The predicted molar refractivity (Wildman–Crippen MR) is 111 cm³/mol. The van der Waals surface area contributed by atoms with Crippen LogP contribution in [0.25, 0.3) is 0 Å². The highest BCUT2D eigenvalue weighted by Gasteiger charge is 2.06. The van der Waals surface area contributed by atoms with Crippen LogP contribution in [0.4, 0.5) is 5.69 Å². The van der Waals surface area contributed by atoms with Crippen molar-refractivity contribution < 1.29 is 9.59 Å². The molecule has 2 amide bonds. The highest BCUT2D eigenvalue weighted by Crippen LogP contribution is 2.16. The van der Waals surface area contributed by atoms with Crippen LogP contribution in [-0.2, 0) is 15.3 Å². The lowest BCUT2D eigenvalue weighted by molar-refractivity contribution is -0.118.